The molecular formula is C18H18BrNO6. The number of hydrogen-bond donors (Lipinski definition) is 1. The Bertz CT molecular complexity index is 768. The van der Waals surface area contributed by atoms with Gasteiger partial charge < -0.3 is 19.5 Å². The molecule has 7 nitrogen and oxygen atoms in total. The van der Waals surface area contributed by atoms with Crippen molar-refractivity contribution in [2.45, 2.75) is 17.4 Å². The van der Waals surface area contributed by atoms with Gasteiger partial charge >= 0.3 is 11.9 Å². The Hall–Kier alpha value is -2.09. The van der Waals surface area contributed by atoms with E-state index in [0.29, 0.717) is 11.4 Å². The number of anilines is 1. The molecule has 1 saturated heterocycles. The number of ether oxygens (including phenoxy) is 3. The molecule has 0 spiro atoms. The minimum absolute atomic E-state index is 0.00963. The maximum absolute atomic E-state index is 12.5. The standard InChI is InChI=1S/C18H18BrNO6/c1-24-9-4-2-3-8(5-9)20-12(21)7-25-17(22)13-10-6-11-14(13)18(23)26-16(11)15(10)19/h2-5,10-11,13-16H,6-7H2,1H3,(H,20,21)/t10-,11-,13-,14+,15+,16+/m1/s1. The minimum atomic E-state index is -0.541. The van der Waals surface area contributed by atoms with Gasteiger partial charge in [-0.25, -0.2) is 0 Å². The number of benzene rings is 1. The van der Waals surface area contributed by atoms with Crippen molar-refractivity contribution < 1.29 is 28.6 Å². The van der Waals surface area contributed by atoms with Crippen molar-refractivity contribution in [3.63, 3.8) is 0 Å². The predicted molar refractivity (Wildman–Crippen MR) is 93.8 cm³/mol. The first kappa shape index (κ1) is 17.3. The van der Waals surface area contributed by atoms with Crippen LogP contribution in [0.1, 0.15) is 6.42 Å². The normalized spacial score (nSPS) is 33.7. The summed E-state index contributed by atoms with van der Waals surface area (Å²) in [6, 6.07) is 6.88. The highest BCUT2D eigenvalue weighted by atomic mass is 79.9. The molecule has 1 aromatic rings. The lowest BCUT2D eigenvalue weighted by Gasteiger charge is -2.26. The molecule has 1 heterocycles. The molecule has 4 rings (SSSR count). The first-order chi connectivity index (χ1) is 12.5. The molecule has 3 aliphatic rings. The second-order valence-corrected chi connectivity index (χ2v) is 7.91. The fraction of sp³-hybridized carbons (Fsp3) is 0.500. The summed E-state index contributed by atoms with van der Waals surface area (Å²) in [5, 5.41) is 2.65. The molecular weight excluding hydrogens is 406 g/mol. The summed E-state index contributed by atoms with van der Waals surface area (Å²) in [6.07, 6.45) is 0.630. The summed E-state index contributed by atoms with van der Waals surface area (Å²) in [7, 11) is 1.54. The van der Waals surface area contributed by atoms with Crippen LogP contribution in [0.15, 0.2) is 24.3 Å². The van der Waals surface area contributed by atoms with Crippen LogP contribution in [-0.4, -0.2) is 42.5 Å². The SMILES string of the molecule is COc1cccc(NC(=O)COC(=O)[C@@H]2[C@H]3C[C@H]4[C@H](OC(=O)[C@@H]42)[C@H]3Br)c1. The summed E-state index contributed by atoms with van der Waals surface area (Å²) >= 11 is 3.55. The largest absolute Gasteiger partial charge is 0.497 e. The van der Waals surface area contributed by atoms with Gasteiger partial charge in [0.25, 0.3) is 5.91 Å². The van der Waals surface area contributed by atoms with Gasteiger partial charge in [-0.2, -0.15) is 0 Å². The average Bonchev–Trinajstić information content (AvgIpc) is 3.24. The van der Waals surface area contributed by atoms with Crippen LogP contribution in [0.25, 0.3) is 0 Å². The number of hydrogen-bond acceptors (Lipinski definition) is 6. The highest BCUT2D eigenvalue weighted by molar-refractivity contribution is 9.09. The third-order valence-corrected chi connectivity index (χ3v) is 6.69. The zero-order valence-electron chi connectivity index (χ0n) is 14.0. The predicted octanol–water partition coefficient (Wildman–Crippen LogP) is 1.75. The van der Waals surface area contributed by atoms with Gasteiger partial charge in [-0.1, -0.05) is 22.0 Å². The van der Waals surface area contributed by atoms with Crippen molar-refractivity contribution in [3.05, 3.63) is 24.3 Å². The lowest BCUT2D eigenvalue weighted by molar-refractivity contribution is -0.157. The van der Waals surface area contributed by atoms with E-state index in [9.17, 15) is 14.4 Å². The zero-order chi connectivity index (χ0) is 18.4. The summed E-state index contributed by atoms with van der Waals surface area (Å²) in [6.45, 7) is -0.401. The number of halogens is 1. The van der Waals surface area contributed by atoms with E-state index in [4.69, 9.17) is 14.2 Å². The number of fused-ring (bicyclic) bond motifs is 1. The maximum atomic E-state index is 12.5. The van der Waals surface area contributed by atoms with Gasteiger partial charge in [0.15, 0.2) is 6.61 Å². The third-order valence-electron chi connectivity index (χ3n) is 5.49. The van der Waals surface area contributed by atoms with Gasteiger partial charge in [0.1, 0.15) is 11.9 Å². The van der Waals surface area contributed by atoms with Gasteiger partial charge in [-0.15, -0.1) is 0 Å². The second kappa shape index (κ2) is 6.57. The van der Waals surface area contributed by atoms with Crippen molar-refractivity contribution in [1.82, 2.24) is 0 Å². The topological polar surface area (TPSA) is 90.9 Å². The van der Waals surface area contributed by atoms with E-state index in [-0.39, 0.29) is 28.7 Å². The van der Waals surface area contributed by atoms with Crippen LogP contribution in [0, 0.1) is 23.7 Å². The third kappa shape index (κ3) is 2.76. The van der Waals surface area contributed by atoms with Crippen molar-refractivity contribution in [1.29, 1.82) is 0 Å². The molecule has 3 fully saturated rings. The Morgan fingerprint density at radius 1 is 1.35 bits per heavy atom. The van der Waals surface area contributed by atoms with Crippen LogP contribution in [0.2, 0.25) is 0 Å². The monoisotopic (exact) mass is 423 g/mol. The van der Waals surface area contributed by atoms with E-state index in [1.807, 2.05) is 0 Å². The number of carbonyl (C=O) groups is 3. The lowest BCUT2D eigenvalue weighted by Crippen LogP contribution is -2.39. The van der Waals surface area contributed by atoms with Crippen LogP contribution >= 0.6 is 15.9 Å². The van der Waals surface area contributed by atoms with Gasteiger partial charge in [0.05, 0.1) is 23.8 Å². The van der Waals surface area contributed by atoms with Gasteiger partial charge in [0.2, 0.25) is 0 Å². The molecule has 6 atom stereocenters. The molecule has 1 aliphatic heterocycles. The van der Waals surface area contributed by atoms with E-state index in [1.165, 1.54) is 7.11 Å². The first-order valence-electron chi connectivity index (χ1n) is 8.44. The average molecular weight is 424 g/mol. The second-order valence-electron chi connectivity index (χ2n) is 6.85. The van der Waals surface area contributed by atoms with E-state index < -0.39 is 30.3 Å². The Labute approximate surface area is 158 Å². The molecule has 26 heavy (non-hydrogen) atoms. The van der Waals surface area contributed by atoms with E-state index in [0.717, 1.165) is 6.42 Å². The Morgan fingerprint density at radius 2 is 2.15 bits per heavy atom. The Balaban J connectivity index is 1.35. The van der Waals surface area contributed by atoms with Crippen LogP contribution in [-0.2, 0) is 23.9 Å². The van der Waals surface area contributed by atoms with Crippen molar-refractivity contribution in [2.24, 2.45) is 23.7 Å². The molecule has 1 aromatic carbocycles. The Kier molecular flexibility index (Phi) is 4.38. The molecule has 0 unspecified atom stereocenters. The highest BCUT2D eigenvalue weighted by Crippen LogP contribution is 2.60. The molecule has 2 bridgehead atoms. The summed E-state index contributed by atoms with van der Waals surface area (Å²) in [5.41, 5.74) is 0.549. The van der Waals surface area contributed by atoms with Crippen LogP contribution in [0.5, 0.6) is 5.75 Å². The number of rotatable bonds is 5. The quantitative estimate of drug-likeness (QED) is 0.572. The molecule has 2 saturated carbocycles. The summed E-state index contributed by atoms with van der Waals surface area (Å²) < 4.78 is 15.7. The fourth-order valence-corrected chi connectivity index (χ4v) is 5.47. The van der Waals surface area contributed by atoms with E-state index in [1.54, 1.807) is 24.3 Å². The number of carbonyl (C=O) groups excluding carboxylic acids is 3. The van der Waals surface area contributed by atoms with Crippen LogP contribution in [0.3, 0.4) is 0 Å². The number of nitrogens with one attached hydrogen (secondary N) is 1. The zero-order valence-corrected chi connectivity index (χ0v) is 15.6. The maximum Gasteiger partial charge on any atom is 0.310 e. The van der Waals surface area contributed by atoms with Gasteiger partial charge in [-0.3, -0.25) is 14.4 Å². The molecule has 0 aromatic heterocycles. The molecule has 0 radical (unpaired) electrons. The summed E-state index contributed by atoms with van der Waals surface area (Å²) in [4.78, 5) is 36.6. The van der Waals surface area contributed by atoms with Crippen molar-refractivity contribution in [3.8, 4) is 5.75 Å². The summed E-state index contributed by atoms with van der Waals surface area (Å²) in [5.74, 6) is -1.57. The van der Waals surface area contributed by atoms with Crippen molar-refractivity contribution in [2.75, 3.05) is 19.0 Å². The lowest BCUT2D eigenvalue weighted by atomic mass is 9.80. The highest BCUT2D eigenvalue weighted by Gasteiger charge is 2.68. The number of esters is 2. The number of alkyl halides is 1. The van der Waals surface area contributed by atoms with Gasteiger partial charge in [0, 0.05) is 17.7 Å². The van der Waals surface area contributed by atoms with Crippen LogP contribution < -0.4 is 10.1 Å². The minimum Gasteiger partial charge on any atom is -0.497 e. The molecule has 1 N–H and O–H groups in total. The first-order valence-corrected chi connectivity index (χ1v) is 9.36. The van der Waals surface area contributed by atoms with Gasteiger partial charge in [-0.05, 0) is 24.5 Å². The number of methoxy groups -OCH3 is 1. The number of amides is 1. The fourth-order valence-electron chi connectivity index (χ4n) is 4.43. The molecule has 1 amide bonds. The Morgan fingerprint density at radius 3 is 2.92 bits per heavy atom. The smallest absolute Gasteiger partial charge is 0.310 e. The van der Waals surface area contributed by atoms with E-state index >= 15 is 0 Å². The molecule has 2 aliphatic carbocycles. The molecule has 8 heteroatoms. The van der Waals surface area contributed by atoms with Crippen LogP contribution in [0.4, 0.5) is 5.69 Å². The van der Waals surface area contributed by atoms with Crippen molar-refractivity contribution >= 4 is 39.5 Å². The van der Waals surface area contributed by atoms with E-state index in [2.05, 4.69) is 21.2 Å². The molecule has 138 valence electrons.